The van der Waals surface area contributed by atoms with Gasteiger partial charge in [0.1, 0.15) is 0 Å². The molecule has 16 heavy (non-hydrogen) atoms. The summed E-state index contributed by atoms with van der Waals surface area (Å²) in [4.78, 5) is 2.46. The zero-order valence-corrected chi connectivity index (χ0v) is 10.2. The van der Waals surface area contributed by atoms with Crippen LogP contribution in [0.3, 0.4) is 0 Å². The Kier molecular flexibility index (Phi) is 3.62. The predicted octanol–water partition coefficient (Wildman–Crippen LogP) is 2.20. The molecule has 88 valence electrons. The molecule has 1 aliphatic heterocycles. The highest BCUT2D eigenvalue weighted by molar-refractivity contribution is 5.21. The van der Waals surface area contributed by atoms with E-state index in [2.05, 4.69) is 43.0 Å². The van der Waals surface area contributed by atoms with E-state index in [-0.39, 0.29) is 0 Å². The number of rotatable bonds is 3. The number of benzene rings is 1. The average molecular weight is 219 g/mol. The van der Waals surface area contributed by atoms with Gasteiger partial charge in [0.2, 0.25) is 0 Å². The molecule has 1 aliphatic rings. The third-order valence-corrected chi connectivity index (χ3v) is 3.79. The summed E-state index contributed by atoms with van der Waals surface area (Å²) in [7, 11) is 0. The van der Waals surface area contributed by atoms with E-state index in [1.165, 1.54) is 11.1 Å². The van der Waals surface area contributed by atoms with Gasteiger partial charge in [-0.15, -0.1) is 0 Å². The molecule has 0 spiro atoms. The summed E-state index contributed by atoms with van der Waals surface area (Å²) in [5.41, 5.74) is 2.68. The maximum atomic E-state index is 9.23. The fourth-order valence-corrected chi connectivity index (χ4v) is 2.47. The summed E-state index contributed by atoms with van der Waals surface area (Å²) in [6.07, 6.45) is 1.13. The van der Waals surface area contributed by atoms with E-state index in [0.29, 0.717) is 18.6 Å². The maximum absolute atomic E-state index is 9.23. The van der Waals surface area contributed by atoms with E-state index in [0.717, 1.165) is 19.5 Å². The number of aliphatic hydroxyl groups excluding tert-OH is 1. The second-order valence-corrected chi connectivity index (χ2v) is 4.93. The van der Waals surface area contributed by atoms with Crippen LogP contribution in [0.1, 0.15) is 24.5 Å². The molecule has 2 unspecified atom stereocenters. The molecule has 1 N–H and O–H groups in total. The van der Waals surface area contributed by atoms with Crippen molar-refractivity contribution in [3.8, 4) is 0 Å². The fraction of sp³-hybridized carbons (Fsp3) is 0.571. The molecule has 2 nitrogen and oxygen atoms in total. The van der Waals surface area contributed by atoms with Crippen molar-refractivity contribution in [2.24, 2.45) is 5.92 Å². The van der Waals surface area contributed by atoms with Gasteiger partial charge in [0.05, 0.1) is 0 Å². The van der Waals surface area contributed by atoms with Crippen LogP contribution in [0, 0.1) is 12.8 Å². The summed E-state index contributed by atoms with van der Waals surface area (Å²) in [5, 5.41) is 9.23. The number of hydrogen-bond donors (Lipinski definition) is 1. The topological polar surface area (TPSA) is 23.5 Å². The lowest BCUT2D eigenvalue weighted by Gasteiger charge is -2.23. The zero-order chi connectivity index (χ0) is 11.5. The molecule has 1 aromatic carbocycles. The van der Waals surface area contributed by atoms with Gasteiger partial charge >= 0.3 is 0 Å². The lowest BCUT2D eigenvalue weighted by molar-refractivity contribution is 0.173. The van der Waals surface area contributed by atoms with E-state index in [1.807, 2.05) is 0 Å². The van der Waals surface area contributed by atoms with Crippen LogP contribution in [0.5, 0.6) is 0 Å². The van der Waals surface area contributed by atoms with Crippen molar-refractivity contribution >= 4 is 0 Å². The Balaban J connectivity index is 1.98. The van der Waals surface area contributed by atoms with Crippen molar-refractivity contribution < 1.29 is 5.11 Å². The van der Waals surface area contributed by atoms with Gasteiger partial charge in [0.15, 0.2) is 0 Å². The number of nitrogens with zero attached hydrogens (tertiary/aromatic N) is 1. The Labute approximate surface area is 97.9 Å². The normalized spacial score (nSPS) is 26.2. The largest absolute Gasteiger partial charge is 0.396 e. The van der Waals surface area contributed by atoms with Crippen LogP contribution in [0.4, 0.5) is 0 Å². The minimum atomic E-state index is 0.325. The molecule has 1 heterocycles. The summed E-state index contributed by atoms with van der Waals surface area (Å²) < 4.78 is 0. The first-order valence-corrected chi connectivity index (χ1v) is 6.11. The first-order chi connectivity index (χ1) is 7.70. The average Bonchev–Trinajstić information content (AvgIpc) is 2.63. The predicted molar refractivity (Wildman–Crippen MR) is 66.2 cm³/mol. The van der Waals surface area contributed by atoms with Crippen molar-refractivity contribution in [3.05, 3.63) is 35.4 Å². The van der Waals surface area contributed by atoms with E-state index in [4.69, 9.17) is 0 Å². The van der Waals surface area contributed by atoms with E-state index in [9.17, 15) is 5.11 Å². The molecule has 0 bridgehead atoms. The summed E-state index contributed by atoms with van der Waals surface area (Å²) in [6, 6.07) is 9.24. The van der Waals surface area contributed by atoms with Gasteiger partial charge in [-0.3, -0.25) is 4.90 Å². The Hall–Kier alpha value is -0.860. The van der Waals surface area contributed by atoms with Crippen molar-refractivity contribution in [3.63, 3.8) is 0 Å². The highest BCUT2D eigenvalue weighted by Crippen LogP contribution is 2.25. The molecular formula is C14H21NO. The van der Waals surface area contributed by atoms with Crippen molar-refractivity contribution in [1.29, 1.82) is 0 Å². The first kappa shape index (κ1) is 11.6. The Morgan fingerprint density at radius 2 is 2.00 bits per heavy atom. The SMILES string of the molecule is Cc1ccc(CN2CCC(CO)C2C)cc1. The van der Waals surface area contributed by atoms with Crippen molar-refractivity contribution in [1.82, 2.24) is 4.90 Å². The summed E-state index contributed by atoms with van der Waals surface area (Å²) in [6.45, 7) is 6.79. The van der Waals surface area contributed by atoms with E-state index < -0.39 is 0 Å². The number of aryl methyl sites for hydroxylation is 1. The molecule has 1 fully saturated rings. The van der Waals surface area contributed by atoms with Crippen LogP contribution >= 0.6 is 0 Å². The van der Waals surface area contributed by atoms with Gasteiger partial charge in [0.25, 0.3) is 0 Å². The monoisotopic (exact) mass is 219 g/mol. The first-order valence-electron chi connectivity index (χ1n) is 6.11. The van der Waals surface area contributed by atoms with Gasteiger partial charge in [-0.2, -0.15) is 0 Å². The summed E-state index contributed by atoms with van der Waals surface area (Å²) in [5.74, 6) is 0.463. The number of likely N-dealkylation sites (tertiary alicyclic amines) is 1. The van der Waals surface area contributed by atoms with Gasteiger partial charge < -0.3 is 5.11 Å². The van der Waals surface area contributed by atoms with Crippen molar-refractivity contribution in [2.75, 3.05) is 13.2 Å². The Bertz CT molecular complexity index is 333. The zero-order valence-electron chi connectivity index (χ0n) is 10.2. The van der Waals surface area contributed by atoms with Crippen LogP contribution in [0.15, 0.2) is 24.3 Å². The molecule has 0 radical (unpaired) electrons. The molecule has 1 aromatic rings. The molecule has 0 amide bonds. The van der Waals surface area contributed by atoms with Crippen LogP contribution in [-0.2, 0) is 6.54 Å². The molecular weight excluding hydrogens is 198 g/mol. The second kappa shape index (κ2) is 4.98. The molecule has 2 rings (SSSR count). The molecule has 2 heteroatoms. The second-order valence-electron chi connectivity index (χ2n) is 4.93. The highest BCUT2D eigenvalue weighted by atomic mass is 16.3. The van der Waals surface area contributed by atoms with Gasteiger partial charge in [-0.25, -0.2) is 0 Å². The van der Waals surface area contributed by atoms with E-state index in [1.54, 1.807) is 0 Å². The smallest absolute Gasteiger partial charge is 0.0474 e. The quantitative estimate of drug-likeness (QED) is 0.842. The number of aliphatic hydroxyl groups is 1. The minimum absolute atomic E-state index is 0.325. The molecule has 2 atom stereocenters. The lowest BCUT2D eigenvalue weighted by atomic mass is 10.0. The van der Waals surface area contributed by atoms with Crippen LogP contribution < -0.4 is 0 Å². The summed E-state index contributed by atoms with van der Waals surface area (Å²) >= 11 is 0. The molecule has 0 aliphatic carbocycles. The van der Waals surface area contributed by atoms with Gasteiger partial charge in [0, 0.05) is 19.2 Å². The fourth-order valence-electron chi connectivity index (χ4n) is 2.47. The number of hydrogen-bond acceptors (Lipinski definition) is 2. The lowest BCUT2D eigenvalue weighted by Crippen LogP contribution is -2.30. The maximum Gasteiger partial charge on any atom is 0.0474 e. The van der Waals surface area contributed by atoms with E-state index >= 15 is 0 Å². The Morgan fingerprint density at radius 3 is 2.56 bits per heavy atom. The molecule has 1 saturated heterocycles. The molecule has 0 aromatic heterocycles. The van der Waals surface area contributed by atoms with Crippen molar-refractivity contribution in [2.45, 2.75) is 32.9 Å². The van der Waals surface area contributed by atoms with Gasteiger partial charge in [-0.1, -0.05) is 29.8 Å². The minimum Gasteiger partial charge on any atom is -0.396 e. The van der Waals surface area contributed by atoms with Crippen LogP contribution in [0.2, 0.25) is 0 Å². The highest BCUT2D eigenvalue weighted by Gasteiger charge is 2.29. The van der Waals surface area contributed by atoms with Crippen LogP contribution in [0.25, 0.3) is 0 Å². The van der Waals surface area contributed by atoms with Gasteiger partial charge in [-0.05, 0) is 38.3 Å². The molecule has 0 saturated carbocycles. The third-order valence-electron chi connectivity index (χ3n) is 3.79. The van der Waals surface area contributed by atoms with Crippen LogP contribution in [-0.4, -0.2) is 29.2 Å². The standard InChI is InChI=1S/C14H21NO/c1-11-3-5-13(6-4-11)9-15-8-7-14(10-16)12(15)2/h3-6,12,14,16H,7-10H2,1-2H3. The Morgan fingerprint density at radius 1 is 1.31 bits per heavy atom. The third kappa shape index (κ3) is 2.45.